The third-order valence-electron chi connectivity index (χ3n) is 6.35. The van der Waals surface area contributed by atoms with Crippen LogP contribution in [0.3, 0.4) is 0 Å². The lowest BCUT2D eigenvalue weighted by Crippen LogP contribution is -2.60. The maximum atomic E-state index is 13.1. The fourth-order valence-corrected chi connectivity index (χ4v) is 5.83. The molecule has 7 heteroatoms. The number of hydrogen-bond acceptors (Lipinski definition) is 5. The number of benzene rings is 3. The molecule has 1 saturated heterocycles. The highest BCUT2D eigenvalue weighted by molar-refractivity contribution is 7.90. The zero-order valence-corrected chi connectivity index (χ0v) is 19.7. The van der Waals surface area contributed by atoms with Crippen molar-refractivity contribution in [2.75, 3.05) is 25.0 Å². The molecular formula is C27H25N3O3S. The number of likely N-dealkylation sites (N-methyl/N-ethyl adjacent to an activating group) is 1. The lowest BCUT2D eigenvalue weighted by Gasteiger charge is -2.45. The Morgan fingerprint density at radius 3 is 2.38 bits per heavy atom. The molecule has 172 valence electrons. The molecule has 6 nitrogen and oxygen atoms in total. The van der Waals surface area contributed by atoms with Crippen LogP contribution in [-0.4, -0.2) is 50.4 Å². The minimum atomic E-state index is -3.59. The van der Waals surface area contributed by atoms with Crippen LogP contribution in [0.25, 0.3) is 10.9 Å². The van der Waals surface area contributed by atoms with Gasteiger partial charge in [0.2, 0.25) is 0 Å². The summed E-state index contributed by atoms with van der Waals surface area (Å²) in [6.07, 6.45) is 1.60. The second-order valence-electron chi connectivity index (χ2n) is 8.60. The average molecular weight is 472 g/mol. The molecule has 5 rings (SSSR count). The zero-order chi connectivity index (χ0) is 23.7. The summed E-state index contributed by atoms with van der Waals surface area (Å²) >= 11 is 0. The molecule has 1 amide bonds. The lowest BCUT2D eigenvalue weighted by atomic mass is 10.0. The van der Waals surface area contributed by atoms with Gasteiger partial charge >= 0.3 is 0 Å². The van der Waals surface area contributed by atoms with Gasteiger partial charge in [0.25, 0.3) is 5.91 Å². The van der Waals surface area contributed by atoms with Crippen molar-refractivity contribution in [3.05, 3.63) is 102 Å². The van der Waals surface area contributed by atoms with Gasteiger partial charge < -0.3 is 9.80 Å². The number of nitrogens with zero attached hydrogens (tertiary/aromatic N) is 3. The first-order chi connectivity index (χ1) is 16.4. The van der Waals surface area contributed by atoms with Crippen LogP contribution in [-0.2, 0) is 15.6 Å². The van der Waals surface area contributed by atoms with Crippen molar-refractivity contribution < 1.29 is 13.2 Å². The van der Waals surface area contributed by atoms with E-state index in [9.17, 15) is 13.2 Å². The number of likely N-dealkylation sites (tertiary alicyclic amines) is 1. The number of rotatable bonds is 6. The van der Waals surface area contributed by atoms with E-state index in [1.807, 2.05) is 42.3 Å². The van der Waals surface area contributed by atoms with Gasteiger partial charge in [-0.25, -0.2) is 8.42 Å². The maximum Gasteiger partial charge on any atom is 0.253 e. The number of aromatic nitrogens is 1. The van der Waals surface area contributed by atoms with Crippen LogP contribution >= 0.6 is 0 Å². The highest BCUT2D eigenvalue weighted by Gasteiger charge is 2.34. The summed E-state index contributed by atoms with van der Waals surface area (Å²) in [5.41, 5.74) is 2.81. The number of amides is 1. The Labute approximate surface area is 199 Å². The molecule has 4 aromatic rings. The van der Waals surface area contributed by atoms with Crippen LogP contribution in [0.1, 0.15) is 15.9 Å². The molecule has 0 spiro atoms. The quantitative estimate of drug-likeness (QED) is 0.422. The van der Waals surface area contributed by atoms with Gasteiger partial charge in [0.1, 0.15) is 0 Å². The van der Waals surface area contributed by atoms with Crippen LogP contribution in [0.15, 0.2) is 96.0 Å². The SMILES string of the molecule is CN(c1ccccc1)C1CN(C(=O)c2ccc(CS(=O)(=O)c3cccc4cccnc34)cc2)C1. The van der Waals surface area contributed by atoms with Crippen LogP contribution in [0, 0.1) is 0 Å². The van der Waals surface area contributed by atoms with Crippen molar-refractivity contribution in [2.45, 2.75) is 16.7 Å². The Hall–Kier alpha value is -3.71. The molecule has 0 aliphatic carbocycles. The van der Waals surface area contributed by atoms with Gasteiger partial charge in [-0.05, 0) is 42.0 Å². The number of para-hydroxylation sites is 2. The van der Waals surface area contributed by atoms with E-state index in [1.165, 1.54) is 0 Å². The van der Waals surface area contributed by atoms with Gasteiger partial charge in [-0.1, -0.05) is 48.5 Å². The number of sulfone groups is 1. The largest absolute Gasteiger partial charge is 0.368 e. The van der Waals surface area contributed by atoms with E-state index in [2.05, 4.69) is 22.0 Å². The van der Waals surface area contributed by atoms with E-state index in [1.54, 1.807) is 48.7 Å². The number of hydrogen-bond donors (Lipinski definition) is 0. The summed E-state index contributed by atoms with van der Waals surface area (Å²) in [7, 11) is -1.55. The molecule has 1 aliphatic rings. The third-order valence-corrected chi connectivity index (χ3v) is 8.06. The smallest absolute Gasteiger partial charge is 0.253 e. The molecule has 2 heterocycles. The van der Waals surface area contributed by atoms with Crippen molar-refractivity contribution >= 4 is 32.3 Å². The van der Waals surface area contributed by atoms with E-state index in [0.717, 1.165) is 11.1 Å². The molecular weight excluding hydrogens is 446 g/mol. The molecule has 34 heavy (non-hydrogen) atoms. The standard InChI is InChI=1S/C27H25N3O3S/c1-29(23-9-3-2-4-10-23)24-17-30(18-24)27(31)22-14-12-20(13-15-22)19-34(32,33)25-11-5-7-21-8-6-16-28-26(21)25/h2-16,24H,17-19H2,1H3. The highest BCUT2D eigenvalue weighted by atomic mass is 32.2. The van der Waals surface area contributed by atoms with Gasteiger partial charge in [0.15, 0.2) is 9.84 Å². The normalized spacial score (nSPS) is 14.1. The maximum absolute atomic E-state index is 13.1. The summed E-state index contributed by atoms with van der Waals surface area (Å²) in [5.74, 6) is -0.185. The van der Waals surface area contributed by atoms with Gasteiger partial charge in [0, 0.05) is 43.0 Å². The second-order valence-corrected chi connectivity index (χ2v) is 10.6. The fourth-order valence-electron chi connectivity index (χ4n) is 4.29. The average Bonchev–Trinajstić information content (AvgIpc) is 2.83. The Kier molecular flexibility index (Phi) is 5.79. The van der Waals surface area contributed by atoms with E-state index in [4.69, 9.17) is 0 Å². The first-order valence-corrected chi connectivity index (χ1v) is 12.8. The minimum Gasteiger partial charge on any atom is -0.368 e. The van der Waals surface area contributed by atoms with Crippen molar-refractivity contribution in [3.63, 3.8) is 0 Å². The van der Waals surface area contributed by atoms with Gasteiger partial charge in [-0.15, -0.1) is 0 Å². The number of carbonyl (C=O) groups excluding carboxylic acids is 1. The predicted octanol–water partition coefficient (Wildman–Crippen LogP) is 4.17. The van der Waals surface area contributed by atoms with Crippen LogP contribution in [0.5, 0.6) is 0 Å². The lowest BCUT2D eigenvalue weighted by molar-refractivity contribution is 0.0604. The minimum absolute atomic E-state index is 0.0367. The number of fused-ring (bicyclic) bond motifs is 1. The molecule has 0 radical (unpaired) electrons. The topological polar surface area (TPSA) is 70.6 Å². The van der Waals surface area contributed by atoms with Gasteiger partial charge in [-0.2, -0.15) is 0 Å². The fraction of sp³-hybridized carbons (Fsp3) is 0.185. The zero-order valence-electron chi connectivity index (χ0n) is 18.8. The highest BCUT2D eigenvalue weighted by Crippen LogP contribution is 2.25. The molecule has 0 N–H and O–H groups in total. The van der Waals surface area contributed by atoms with E-state index < -0.39 is 9.84 Å². The van der Waals surface area contributed by atoms with E-state index >= 15 is 0 Å². The molecule has 0 atom stereocenters. The monoisotopic (exact) mass is 471 g/mol. The summed E-state index contributed by atoms with van der Waals surface area (Å²) in [6, 6.07) is 26.1. The van der Waals surface area contributed by atoms with Crippen molar-refractivity contribution in [2.24, 2.45) is 0 Å². The first-order valence-electron chi connectivity index (χ1n) is 11.1. The Balaban J connectivity index is 1.25. The van der Waals surface area contributed by atoms with E-state index in [0.29, 0.717) is 29.7 Å². The van der Waals surface area contributed by atoms with Crippen LogP contribution < -0.4 is 4.90 Å². The molecule has 1 aromatic heterocycles. The molecule has 1 aliphatic heterocycles. The van der Waals surface area contributed by atoms with Crippen molar-refractivity contribution in [1.82, 2.24) is 9.88 Å². The van der Waals surface area contributed by atoms with E-state index in [-0.39, 0.29) is 22.6 Å². The van der Waals surface area contributed by atoms with Crippen LogP contribution in [0.4, 0.5) is 5.69 Å². The molecule has 0 bridgehead atoms. The van der Waals surface area contributed by atoms with Gasteiger partial charge in [-0.3, -0.25) is 9.78 Å². The molecule has 0 saturated carbocycles. The predicted molar refractivity (Wildman–Crippen MR) is 134 cm³/mol. The molecule has 3 aromatic carbocycles. The summed E-state index contributed by atoms with van der Waals surface area (Å²) in [4.78, 5) is 21.4. The van der Waals surface area contributed by atoms with Crippen LogP contribution in [0.2, 0.25) is 0 Å². The summed E-state index contributed by atoms with van der Waals surface area (Å²) in [6.45, 7) is 1.32. The summed E-state index contributed by atoms with van der Waals surface area (Å²) < 4.78 is 26.2. The Morgan fingerprint density at radius 1 is 0.941 bits per heavy atom. The number of pyridine rings is 1. The molecule has 0 unspecified atom stereocenters. The van der Waals surface area contributed by atoms with Gasteiger partial charge in [0.05, 0.1) is 22.2 Å². The Bertz CT molecular complexity index is 1430. The second kappa shape index (κ2) is 8.91. The summed E-state index contributed by atoms with van der Waals surface area (Å²) in [5, 5.41) is 0.787. The van der Waals surface area contributed by atoms with Crippen molar-refractivity contribution in [3.8, 4) is 0 Å². The number of anilines is 1. The van der Waals surface area contributed by atoms with Crippen molar-refractivity contribution in [1.29, 1.82) is 0 Å². The number of carbonyl (C=O) groups is 1. The third kappa shape index (κ3) is 4.26. The first kappa shape index (κ1) is 22.1. The Morgan fingerprint density at radius 2 is 1.65 bits per heavy atom. The molecule has 1 fully saturated rings.